The molecule has 1 aromatic carbocycles. The third-order valence-corrected chi connectivity index (χ3v) is 5.19. The summed E-state index contributed by atoms with van der Waals surface area (Å²) in [6.07, 6.45) is 3.58. The normalized spacial score (nSPS) is 17.7. The zero-order valence-corrected chi connectivity index (χ0v) is 14.7. The molecule has 1 amide bonds. The predicted molar refractivity (Wildman–Crippen MR) is 91.2 cm³/mol. The number of benzene rings is 1. The quantitative estimate of drug-likeness (QED) is 0.777. The van der Waals surface area contributed by atoms with Crippen molar-refractivity contribution >= 4 is 17.7 Å². The third kappa shape index (κ3) is 3.61. The van der Waals surface area contributed by atoms with Gasteiger partial charge in [-0.1, -0.05) is 23.9 Å². The molecule has 1 saturated heterocycles. The molecule has 2 heterocycles. The van der Waals surface area contributed by atoms with Crippen LogP contribution in [0.4, 0.5) is 4.39 Å². The molecule has 0 aliphatic carbocycles. The Labute approximate surface area is 145 Å². The first-order valence-electron chi connectivity index (χ1n) is 8.13. The molecule has 1 atom stereocenters. The molecule has 1 aromatic heterocycles. The molecule has 24 heavy (non-hydrogen) atoms. The molecule has 1 aliphatic rings. The predicted octanol–water partition coefficient (Wildman–Crippen LogP) is 3.45. The molecule has 3 rings (SSSR count). The summed E-state index contributed by atoms with van der Waals surface area (Å²) >= 11 is 1.41. The van der Waals surface area contributed by atoms with Crippen molar-refractivity contribution in [2.24, 2.45) is 0 Å². The van der Waals surface area contributed by atoms with Crippen LogP contribution < -0.4 is 0 Å². The lowest BCUT2D eigenvalue weighted by Crippen LogP contribution is -2.32. The lowest BCUT2D eigenvalue weighted by atomic mass is 10.0. The standard InChI is InChI=1S/C17H21FN4OS/c1-12(2)22-11-19-20-17(22)24-10-16(23)21-9-3-4-15(21)13-5-7-14(18)8-6-13/h5-8,11-12,15H,3-4,9-10H2,1-2H3. The van der Waals surface area contributed by atoms with Gasteiger partial charge in [0.2, 0.25) is 5.91 Å². The van der Waals surface area contributed by atoms with Crippen molar-refractivity contribution < 1.29 is 9.18 Å². The fourth-order valence-corrected chi connectivity index (χ4v) is 3.93. The highest BCUT2D eigenvalue weighted by atomic mass is 32.2. The van der Waals surface area contributed by atoms with Gasteiger partial charge in [0, 0.05) is 12.6 Å². The van der Waals surface area contributed by atoms with E-state index in [0.29, 0.717) is 5.75 Å². The number of carbonyl (C=O) groups is 1. The van der Waals surface area contributed by atoms with Gasteiger partial charge in [0.1, 0.15) is 12.1 Å². The maximum atomic E-state index is 13.1. The number of nitrogens with zero attached hydrogens (tertiary/aromatic N) is 4. The zero-order chi connectivity index (χ0) is 17.1. The number of aromatic nitrogens is 3. The van der Waals surface area contributed by atoms with Gasteiger partial charge < -0.3 is 9.47 Å². The second-order valence-corrected chi connectivity index (χ2v) is 7.14. The zero-order valence-electron chi connectivity index (χ0n) is 13.9. The Hall–Kier alpha value is -1.89. The van der Waals surface area contributed by atoms with E-state index in [4.69, 9.17) is 0 Å². The molecule has 1 unspecified atom stereocenters. The molecule has 0 bridgehead atoms. The van der Waals surface area contributed by atoms with Crippen molar-refractivity contribution in [3.63, 3.8) is 0 Å². The average Bonchev–Trinajstić information content (AvgIpc) is 3.22. The Morgan fingerprint density at radius 3 is 2.83 bits per heavy atom. The van der Waals surface area contributed by atoms with E-state index < -0.39 is 0 Å². The summed E-state index contributed by atoms with van der Waals surface area (Å²) in [5, 5.41) is 8.77. The number of thioether (sulfide) groups is 1. The summed E-state index contributed by atoms with van der Waals surface area (Å²) in [5.74, 6) is 0.173. The fourth-order valence-electron chi connectivity index (χ4n) is 3.00. The Morgan fingerprint density at radius 2 is 2.12 bits per heavy atom. The van der Waals surface area contributed by atoms with Gasteiger partial charge in [0.15, 0.2) is 5.16 Å². The van der Waals surface area contributed by atoms with Crippen molar-refractivity contribution in [3.8, 4) is 0 Å². The van der Waals surface area contributed by atoms with Crippen molar-refractivity contribution in [2.75, 3.05) is 12.3 Å². The second kappa shape index (κ2) is 7.34. The Balaban J connectivity index is 1.65. The van der Waals surface area contributed by atoms with E-state index in [1.807, 2.05) is 9.47 Å². The number of amides is 1. The van der Waals surface area contributed by atoms with Crippen LogP contribution in [0.2, 0.25) is 0 Å². The molecule has 5 nitrogen and oxygen atoms in total. The minimum Gasteiger partial charge on any atom is -0.335 e. The van der Waals surface area contributed by atoms with Crippen molar-refractivity contribution in [3.05, 3.63) is 42.0 Å². The third-order valence-electron chi connectivity index (χ3n) is 4.25. The Morgan fingerprint density at radius 1 is 1.38 bits per heavy atom. The number of hydrogen-bond donors (Lipinski definition) is 0. The summed E-state index contributed by atoms with van der Waals surface area (Å²) in [6.45, 7) is 4.86. The van der Waals surface area contributed by atoms with Gasteiger partial charge in [-0.05, 0) is 44.4 Å². The highest BCUT2D eigenvalue weighted by Crippen LogP contribution is 2.33. The van der Waals surface area contributed by atoms with E-state index in [-0.39, 0.29) is 23.8 Å². The molecular formula is C17H21FN4OS. The fraction of sp³-hybridized carbons (Fsp3) is 0.471. The van der Waals surface area contributed by atoms with Gasteiger partial charge in [-0.2, -0.15) is 0 Å². The molecule has 0 N–H and O–H groups in total. The molecule has 2 aromatic rings. The SMILES string of the molecule is CC(C)n1cnnc1SCC(=O)N1CCCC1c1ccc(F)cc1. The summed E-state index contributed by atoms with van der Waals surface area (Å²) in [4.78, 5) is 14.5. The smallest absolute Gasteiger partial charge is 0.233 e. The van der Waals surface area contributed by atoms with Crippen molar-refractivity contribution in [2.45, 2.75) is 43.9 Å². The van der Waals surface area contributed by atoms with Crippen LogP contribution in [0, 0.1) is 5.82 Å². The number of halogens is 1. The Kier molecular flexibility index (Phi) is 5.18. The molecule has 1 aliphatic heterocycles. The minimum absolute atomic E-state index is 0.0432. The largest absolute Gasteiger partial charge is 0.335 e. The van der Waals surface area contributed by atoms with Gasteiger partial charge in [-0.25, -0.2) is 4.39 Å². The van der Waals surface area contributed by atoms with Crippen LogP contribution in [0.25, 0.3) is 0 Å². The second-order valence-electron chi connectivity index (χ2n) is 6.20. The monoisotopic (exact) mass is 348 g/mol. The number of rotatable bonds is 5. The van der Waals surface area contributed by atoms with Crippen LogP contribution in [0.3, 0.4) is 0 Å². The van der Waals surface area contributed by atoms with Crippen LogP contribution >= 0.6 is 11.8 Å². The first kappa shape index (κ1) is 17.0. The van der Waals surface area contributed by atoms with E-state index >= 15 is 0 Å². The van der Waals surface area contributed by atoms with E-state index in [1.165, 1.54) is 23.9 Å². The molecular weight excluding hydrogens is 327 g/mol. The minimum atomic E-state index is -0.252. The molecule has 7 heteroatoms. The van der Waals surface area contributed by atoms with Gasteiger partial charge >= 0.3 is 0 Å². The van der Waals surface area contributed by atoms with Gasteiger partial charge in [0.25, 0.3) is 0 Å². The van der Waals surface area contributed by atoms with Gasteiger partial charge in [-0.15, -0.1) is 10.2 Å². The first-order chi connectivity index (χ1) is 11.6. The maximum Gasteiger partial charge on any atom is 0.233 e. The van der Waals surface area contributed by atoms with E-state index in [9.17, 15) is 9.18 Å². The number of hydrogen-bond acceptors (Lipinski definition) is 4. The topological polar surface area (TPSA) is 51.0 Å². The molecule has 0 spiro atoms. The van der Waals surface area contributed by atoms with Crippen LogP contribution in [0.5, 0.6) is 0 Å². The molecule has 0 saturated carbocycles. The molecule has 1 fully saturated rings. The van der Waals surface area contributed by atoms with Crippen molar-refractivity contribution in [1.29, 1.82) is 0 Å². The summed E-state index contributed by atoms with van der Waals surface area (Å²) in [7, 11) is 0. The lowest BCUT2D eigenvalue weighted by molar-refractivity contribution is -0.129. The highest BCUT2D eigenvalue weighted by Gasteiger charge is 2.30. The maximum absolute atomic E-state index is 13.1. The average molecular weight is 348 g/mol. The van der Waals surface area contributed by atoms with Crippen LogP contribution in [0.1, 0.15) is 44.3 Å². The number of likely N-dealkylation sites (tertiary alicyclic amines) is 1. The molecule has 128 valence electrons. The van der Waals surface area contributed by atoms with Crippen LogP contribution in [-0.2, 0) is 4.79 Å². The van der Waals surface area contributed by atoms with E-state index in [2.05, 4.69) is 24.0 Å². The highest BCUT2D eigenvalue weighted by molar-refractivity contribution is 7.99. The van der Waals surface area contributed by atoms with Gasteiger partial charge in [0.05, 0.1) is 11.8 Å². The van der Waals surface area contributed by atoms with Crippen molar-refractivity contribution in [1.82, 2.24) is 19.7 Å². The van der Waals surface area contributed by atoms with E-state index in [1.54, 1.807) is 18.5 Å². The lowest BCUT2D eigenvalue weighted by Gasteiger charge is -2.25. The summed E-state index contributed by atoms with van der Waals surface area (Å²) in [6, 6.07) is 6.76. The summed E-state index contributed by atoms with van der Waals surface area (Å²) in [5.41, 5.74) is 0.998. The van der Waals surface area contributed by atoms with Crippen LogP contribution in [-0.4, -0.2) is 37.9 Å². The number of carbonyl (C=O) groups excluding carboxylic acids is 1. The van der Waals surface area contributed by atoms with Crippen LogP contribution in [0.15, 0.2) is 35.7 Å². The first-order valence-corrected chi connectivity index (χ1v) is 9.12. The molecule has 0 radical (unpaired) electrons. The van der Waals surface area contributed by atoms with E-state index in [0.717, 1.165) is 30.1 Å². The summed E-state index contributed by atoms with van der Waals surface area (Å²) < 4.78 is 15.1. The Bertz CT molecular complexity index is 701. The van der Waals surface area contributed by atoms with Gasteiger partial charge in [-0.3, -0.25) is 4.79 Å².